The van der Waals surface area contributed by atoms with Gasteiger partial charge in [-0.05, 0) is 38.5 Å². The van der Waals surface area contributed by atoms with E-state index in [0.29, 0.717) is 12.0 Å². The van der Waals surface area contributed by atoms with E-state index < -0.39 is 0 Å². The van der Waals surface area contributed by atoms with E-state index in [-0.39, 0.29) is 0 Å². The second-order valence-electron chi connectivity index (χ2n) is 6.09. The summed E-state index contributed by atoms with van der Waals surface area (Å²) in [4.78, 5) is 4.72. The maximum absolute atomic E-state index is 5.60. The van der Waals surface area contributed by atoms with Crippen molar-refractivity contribution in [2.75, 3.05) is 6.61 Å². The Hall–Kier alpha value is -0.900. The molecule has 0 aromatic carbocycles. The van der Waals surface area contributed by atoms with E-state index in [1.165, 1.54) is 44.9 Å². The van der Waals surface area contributed by atoms with Gasteiger partial charge < -0.3 is 4.74 Å². The van der Waals surface area contributed by atoms with Gasteiger partial charge in [0.05, 0.1) is 6.10 Å². The first kappa shape index (κ1) is 13.1. The van der Waals surface area contributed by atoms with Gasteiger partial charge in [0.15, 0.2) is 5.82 Å². The molecule has 0 bridgehead atoms. The number of nitrogens with zero attached hydrogens (tertiary/aromatic N) is 2. The van der Waals surface area contributed by atoms with Crippen molar-refractivity contribution in [2.45, 2.75) is 70.3 Å². The summed E-state index contributed by atoms with van der Waals surface area (Å²) in [7, 11) is 0. The number of rotatable bonds is 5. The van der Waals surface area contributed by atoms with E-state index in [4.69, 9.17) is 9.72 Å². The number of ether oxygens (including phenoxy) is 1. The summed E-state index contributed by atoms with van der Waals surface area (Å²) in [5.74, 6) is 3.50. The molecule has 0 amide bonds. The average molecular weight is 263 g/mol. The maximum Gasteiger partial charge on any atom is 0.153 e. The number of aromatic nitrogens is 3. The van der Waals surface area contributed by atoms with E-state index in [9.17, 15) is 0 Å². The predicted molar refractivity (Wildman–Crippen MR) is 74.1 cm³/mol. The molecule has 19 heavy (non-hydrogen) atoms. The highest BCUT2D eigenvalue weighted by molar-refractivity contribution is 5.01. The van der Waals surface area contributed by atoms with Crippen LogP contribution in [0.15, 0.2) is 0 Å². The molecule has 2 aliphatic carbocycles. The van der Waals surface area contributed by atoms with Crippen LogP contribution in [0.25, 0.3) is 0 Å². The molecule has 1 aromatic heterocycles. The molecule has 2 fully saturated rings. The fourth-order valence-corrected chi connectivity index (χ4v) is 3.43. The zero-order chi connectivity index (χ0) is 13.1. The van der Waals surface area contributed by atoms with E-state index >= 15 is 0 Å². The summed E-state index contributed by atoms with van der Waals surface area (Å²) in [6.07, 6.45) is 10.5. The summed E-state index contributed by atoms with van der Waals surface area (Å²) in [6.45, 7) is 2.91. The fourth-order valence-electron chi connectivity index (χ4n) is 3.43. The molecule has 3 rings (SSSR count). The average Bonchev–Trinajstić information content (AvgIpc) is 2.86. The number of aromatic amines is 1. The zero-order valence-electron chi connectivity index (χ0n) is 11.9. The van der Waals surface area contributed by atoms with E-state index in [1.807, 2.05) is 0 Å². The lowest BCUT2D eigenvalue weighted by Crippen LogP contribution is -2.32. The van der Waals surface area contributed by atoms with E-state index in [1.54, 1.807) is 0 Å². The summed E-state index contributed by atoms with van der Waals surface area (Å²) in [5, 5.41) is 7.59. The van der Waals surface area contributed by atoms with Gasteiger partial charge in [0.2, 0.25) is 0 Å². The van der Waals surface area contributed by atoms with Crippen molar-refractivity contribution in [1.82, 2.24) is 15.2 Å². The second-order valence-corrected chi connectivity index (χ2v) is 6.09. The van der Waals surface area contributed by atoms with Crippen molar-refractivity contribution in [3.05, 3.63) is 11.6 Å². The van der Waals surface area contributed by atoms with Crippen LogP contribution in [0.1, 0.15) is 69.4 Å². The molecule has 1 heterocycles. The van der Waals surface area contributed by atoms with Crippen LogP contribution in [-0.2, 0) is 11.2 Å². The van der Waals surface area contributed by atoms with Crippen LogP contribution in [0, 0.1) is 5.92 Å². The molecule has 4 nitrogen and oxygen atoms in total. The summed E-state index contributed by atoms with van der Waals surface area (Å²) in [5.41, 5.74) is 0. The smallest absolute Gasteiger partial charge is 0.153 e. The third-order valence-corrected chi connectivity index (χ3v) is 4.60. The van der Waals surface area contributed by atoms with Gasteiger partial charge in [0, 0.05) is 18.9 Å². The molecule has 4 heteroatoms. The Kier molecular flexibility index (Phi) is 4.16. The second kappa shape index (κ2) is 6.04. The molecular weight excluding hydrogens is 238 g/mol. The van der Waals surface area contributed by atoms with Crippen LogP contribution in [0.2, 0.25) is 0 Å². The first-order chi connectivity index (χ1) is 9.35. The standard InChI is InChI=1S/C15H25N3O/c1-2-19-13-8-11(9-13)10-14-16-15(18-17-14)12-6-4-3-5-7-12/h11-13H,2-10H2,1H3,(H,16,17,18). The van der Waals surface area contributed by atoms with Crippen molar-refractivity contribution < 1.29 is 4.74 Å². The molecule has 2 aliphatic rings. The minimum absolute atomic E-state index is 0.496. The van der Waals surface area contributed by atoms with Crippen molar-refractivity contribution in [3.8, 4) is 0 Å². The number of nitrogens with one attached hydrogen (secondary N) is 1. The Morgan fingerprint density at radius 2 is 2.00 bits per heavy atom. The van der Waals surface area contributed by atoms with Crippen LogP contribution in [-0.4, -0.2) is 27.9 Å². The summed E-state index contributed by atoms with van der Waals surface area (Å²) in [6, 6.07) is 0. The Bertz CT molecular complexity index is 392. The van der Waals surface area contributed by atoms with Crippen molar-refractivity contribution in [1.29, 1.82) is 0 Å². The lowest BCUT2D eigenvalue weighted by atomic mass is 9.80. The predicted octanol–water partition coefficient (Wildman–Crippen LogP) is 3.21. The highest BCUT2D eigenvalue weighted by Gasteiger charge is 2.30. The minimum Gasteiger partial charge on any atom is -0.378 e. The van der Waals surface area contributed by atoms with Gasteiger partial charge >= 0.3 is 0 Å². The molecule has 2 saturated carbocycles. The SMILES string of the molecule is CCOC1CC(Cc2nc(C3CCCCC3)n[nH]2)C1. The zero-order valence-corrected chi connectivity index (χ0v) is 11.9. The van der Waals surface area contributed by atoms with Crippen LogP contribution in [0.3, 0.4) is 0 Å². The van der Waals surface area contributed by atoms with E-state index in [2.05, 4.69) is 17.1 Å². The fraction of sp³-hybridized carbons (Fsp3) is 0.867. The molecule has 0 spiro atoms. The van der Waals surface area contributed by atoms with Crippen LogP contribution >= 0.6 is 0 Å². The van der Waals surface area contributed by atoms with Gasteiger partial charge in [-0.15, -0.1) is 0 Å². The molecule has 106 valence electrons. The van der Waals surface area contributed by atoms with Gasteiger partial charge in [0.1, 0.15) is 5.82 Å². The van der Waals surface area contributed by atoms with Crippen molar-refractivity contribution >= 4 is 0 Å². The molecule has 0 atom stereocenters. The summed E-state index contributed by atoms with van der Waals surface area (Å²) < 4.78 is 5.60. The minimum atomic E-state index is 0.496. The Morgan fingerprint density at radius 3 is 2.74 bits per heavy atom. The molecular formula is C15H25N3O. The normalized spacial score (nSPS) is 28.3. The largest absolute Gasteiger partial charge is 0.378 e. The topological polar surface area (TPSA) is 50.8 Å². The first-order valence-corrected chi connectivity index (χ1v) is 7.88. The Balaban J connectivity index is 1.48. The Labute approximate surface area is 115 Å². The highest BCUT2D eigenvalue weighted by Crippen LogP contribution is 2.33. The van der Waals surface area contributed by atoms with Gasteiger partial charge in [-0.2, -0.15) is 5.10 Å². The highest BCUT2D eigenvalue weighted by atomic mass is 16.5. The quantitative estimate of drug-likeness (QED) is 0.887. The molecule has 0 radical (unpaired) electrons. The molecule has 0 aliphatic heterocycles. The van der Waals surface area contributed by atoms with Gasteiger partial charge in [-0.25, -0.2) is 4.98 Å². The van der Waals surface area contributed by atoms with E-state index in [0.717, 1.165) is 30.6 Å². The lowest BCUT2D eigenvalue weighted by molar-refractivity contribution is -0.0245. The maximum atomic E-state index is 5.60. The summed E-state index contributed by atoms with van der Waals surface area (Å²) >= 11 is 0. The third kappa shape index (κ3) is 3.16. The first-order valence-electron chi connectivity index (χ1n) is 7.88. The van der Waals surface area contributed by atoms with Crippen LogP contribution in [0.4, 0.5) is 0 Å². The lowest BCUT2D eigenvalue weighted by Gasteiger charge is -2.34. The number of hydrogen-bond donors (Lipinski definition) is 1. The monoisotopic (exact) mass is 263 g/mol. The molecule has 0 saturated heterocycles. The Morgan fingerprint density at radius 1 is 1.21 bits per heavy atom. The van der Waals surface area contributed by atoms with Crippen molar-refractivity contribution in [2.24, 2.45) is 5.92 Å². The number of H-pyrrole nitrogens is 1. The van der Waals surface area contributed by atoms with Gasteiger partial charge in [0.25, 0.3) is 0 Å². The van der Waals surface area contributed by atoms with Gasteiger partial charge in [-0.1, -0.05) is 19.3 Å². The van der Waals surface area contributed by atoms with Crippen molar-refractivity contribution in [3.63, 3.8) is 0 Å². The number of hydrogen-bond acceptors (Lipinski definition) is 3. The van der Waals surface area contributed by atoms with Crippen LogP contribution in [0.5, 0.6) is 0 Å². The molecule has 1 aromatic rings. The van der Waals surface area contributed by atoms with Crippen LogP contribution < -0.4 is 0 Å². The van der Waals surface area contributed by atoms with Gasteiger partial charge in [-0.3, -0.25) is 5.10 Å². The molecule has 1 N–H and O–H groups in total. The third-order valence-electron chi connectivity index (χ3n) is 4.60. The molecule has 0 unspecified atom stereocenters.